The average Bonchev–Trinajstić information content (AvgIpc) is 2.90. The Morgan fingerprint density at radius 1 is 1.20 bits per heavy atom. The van der Waals surface area contributed by atoms with Crippen LogP contribution in [0, 0.1) is 12.7 Å². The molecule has 7 heteroatoms. The largest absolute Gasteiger partial charge is 0.341 e. The third-order valence-corrected chi connectivity index (χ3v) is 6.04. The molecular formula is C23H27FN6. The van der Waals surface area contributed by atoms with Gasteiger partial charge in [0.1, 0.15) is 11.3 Å². The summed E-state index contributed by atoms with van der Waals surface area (Å²) in [5.41, 5.74) is 4.96. The molecule has 2 aliphatic rings. The van der Waals surface area contributed by atoms with E-state index >= 15 is 4.39 Å². The topological polar surface area (TPSA) is 58.9 Å². The standard InChI is InChI=1S/C23H27FN6/c1-13(2)30-15(4)27-22-19(24)9-16(10-21(22)30)17-8-14(3)25-12-20-18(17)11-26-23(28-20)29-6-5-7-29/h8-11,13-14,25H,5-7,12H2,1-4H3/t14-/m1/s1. The van der Waals surface area contributed by atoms with Crippen molar-refractivity contribution in [3.05, 3.63) is 52.9 Å². The summed E-state index contributed by atoms with van der Waals surface area (Å²) in [5.74, 6) is 1.31. The van der Waals surface area contributed by atoms with Crippen molar-refractivity contribution in [3.8, 4) is 0 Å². The number of aryl methyl sites for hydroxylation is 1. The summed E-state index contributed by atoms with van der Waals surface area (Å²) >= 11 is 0. The Labute approximate surface area is 175 Å². The number of benzene rings is 1. The van der Waals surface area contributed by atoms with Crippen molar-refractivity contribution in [1.29, 1.82) is 0 Å². The summed E-state index contributed by atoms with van der Waals surface area (Å²) in [6.45, 7) is 10.9. The first-order valence-corrected chi connectivity index (χ1v) is 10.7. The van der Waals surface area contributed by atoms with Gasteiger partial charge in [0.15, 0.2) is 5.82 Å². The highest BCUT2D eigenvalue weighted by Gasteiger charge is 2.24. The van der Waals surface area contributed by atoms with Crippen molar-refractivity contribution in [1.82, 2.24) is 24.8 Å². The number of anilines is 1. The van der Waals surface area contributed by atoms with Crippen molar-refractivity contribution in [3.63, 3.8) is 0 Å². The van der Waals surface area contributed by atoms with Gasteiger partial charge in [-0.25, -0.2) is 19.3 Å². The second-order valence-electron chi connectivity index (χ2n) is 8.57. The third kappa shape index (κ3) is 3.08. The Morgan fingerprint density at radius 2 is 2.00 bits per heavy atom. The first-order valence-electron chi connectivity index (χ1n) is 10.7. The van der Waals surface area contributed by atoms with Crippen LogP contribution in [0.4, 0.5) is 10.3 Å². The molecule has 30 heavy (non-hydrogen) atoms. The molecule has 0 unspecified atom stereocenters. The van der Waals surface area contributed by atoms with E-state index in [0.717, 1.165) is 52.8 Å². The molecule has 1 N–H and O–H groups in total. The second kappa shape index (κ2) is 7.16. The van der Waals surface area contributed by atoms with Gasteiger partial charge in [0.05, 0.1) is 11.2 Å². The van der Waals surface area contributed by atoms with Gasteiger partial charge in [-0.2, -0.15) is 0 Å². The minimum Gasteiger partial charge on any atom is -0.341 e. The molecule has 4 heterocycles. The molecule has 0 spiro atoms. The van der Waals surface area contributed by atoms with Crippen LogP contribution in [0.3, 0.4) is 0 Å². The minimum atomic E-state index is -0.296. The predicted octanol–water partition coefficient (Wildman–Crippen LogP) is 3.99. The van der Waals surface area contributed by atoms with Gasteiger partial charge in [0.25, 0.3) is 0 Å². The highest BCUT2D eigenvalue weighted by atomic mass is 19.1. The number of imidazole rings is 1. The smallest absolute Gasteiger partial charge is 0.225 e. The Kier molecular flexibility index (Phi) is 4.58. The van der Waals surface area contributed by atoms with Gasteiger partial charge in [-0.1, -0.05) is 6.08 Å². The van der Waals surface area contributed by atoms with Crippen LogP contribution in [0.2, 0.25) is 0 Å². The first-order chi connectivity index (χ1) is 14.4. The number of aromatic nitrogens is 4. The molecule has 2 aromatic heterocycles. The summed E-state index contributed by atoms with van der Waals surface area (Å²) in [6.07, 6.45) is 5.22. The van der Waals surface area contributed by atoms with Gasteiger partial charge in [-0.15, -0.1) is 0 Å². The number of hydrogen-bond donors (Lipinski definition) is 1. The van der Waals surface area contributed by atoms with Crippen molar-refractivity contribution < 1.29 is 4.39 Å². The van der Waals surface area contributed by atoms with Crippen molar-refractivity contribution in [2.24, 2.45) is 0 Å². The summed E-state index contributed by atoms with van der Waals surface area (Å²) in [5, 5.41) is 3.49. The van der Waals surface area contributed by atoms with Gasteiger partial charge in [0, 0.05) is 43.5 Å². The van der Waals surface area contributed by atoms with Gasteiger partial charge in [-0.3, -0.25) is 0 Å². The van der Waals surface area contributed by atoms with Gasteiger partial charge in [0.2, 0.25) is 5.95 Å². The maximum absolute atomic E-state index is 15.1. The maximum Gasteiger partial charge on any atom is 0.225 e. The maximum atomic E-state index is 15.1. The fourth-order valence-electron chi connectivity index (χ4n) is 4.42. The van der Waals surface area contributed by atoms with Gasteiger partial charge >= 0.3 is 0 Å². The van der Waals surface area contributed by atoms with Crippen LogP contribution in [-0.2, 0) is 6.54 Å². The highest BCUT2D eigenvalue weighted by molar-refractivity contribution is 5.88. The van der Waals surface area contributed by atoms with Crippen LogP contribution in [0.15, 0.2) is 24.4 Å². The summed E-state index contributed by atoms with van der Waals surface area (Å²) in [7, 11) is 0. The lowest BCUT2D eigenvalue weighted by Gasteiger charge is -2.31. The lowest BCUT2D eigenvalue weighted by Crippen LogP contribution is -2.38. The van der Waals surface area contributed by atoms with Crippen LogP contribution in [0.25, 0.3) is 16.6 Å². The van der Waals surface area contributed by atoms with E-state index in [-0.39, 0.29) is 17.9 Å². The van der Waals surface area contributed by atoms with Crippen molar-refractivity contribution >= 4 is 22.6 Å². The molecule has 0 aliphatic carbocycles. The predicted molar refractivity (Wildman–Crippen MR) is 117 cm³/mol. The van der Waals surface area contributed by atoms with Crippen LogP contribution in [0.1, 0.15) is 55.9 Å². The fourth-order valence-corrected chi connectivity index (χ4v) is 4.42. The van der Waals surface area contributed by atoms with Crippen LogP contribution in [-0.4, -0.2) is 38.7 Å². The lowest BCUT2D eigenvalue weighted by atomic mass is 9.96. The van der Waals surface area contributed by atoms with Gasteiger partial charge < -0.3 is 14.8 Å². The Morgan fingerprint density at radius 3 is 2.70 bits per heavy atom. The average molecular weight is 407 g/mol. The summed E-state index contributed by atoms with van der Waals surface area (Å²) < 4.78 is 17.2. The number of halogens is 1. The Balaban J connectivity index is 1.67. The SMILES string of the molecule is Cc1nc2c(F)cc(C3=C[C@@H](C)NCc4nc(N5CCC5)ncc43)cc2n1C(C)C. The molecular weight excluding hydrogens is 379 g/mol. The van der Waals surface area contributed by atoms with E-state index < -0.39 is 0 Å². The van der Waals surface area contributed by atoms with E-state index in [1.54, 1.807) is 6.07 Å². The zero-order valence-electron chi connectivity index (χ0n) is 17.9. The number of rotatable bonds is 3. The first kappa shape index (κ1) is 19.2. The van der Waals surface area contributed by atoms with Crippen LogP contribution in [0.5, 0.6) is 0 Å². The molecule has 2 aliphatic heterocycles. The molecule has 1 fully saturated rings. The Hall–Kier alpha value is -2.80. The molecule has 1 saturated heterocycles. The molecule has 156 valence electrons. The molecule has 0 bridgehead atoms. The van der Waals surface area contributed by atoms with Crippen molar-refractivity contribution in [2.45, 2.75) is 52.7 Å². The number of fused-ring (bicyclic) bond motifs is 2. The Bertz CT molecular complexity index is 1160. The van der Waals surface area contributed by atoms with E-state index in [0.29, 0.717) is 12.1 Å². The van der Waals surface area contributed by atoms with E-state index in [1.807, 2.05) is 13.1 Å². The summed E-state index contributed by atoms with van der Waals surface area (Å²) in [6, 6.07) is 3.98. The second-order valence-corrected chi connectivity index (χ2v) is 8.57. The number of nitrogens with one attached hydrogen (secondary N) is 1. The van der Waals surface area contributed by atoms with Gasteiger partial charge in [-0.05, 0) is 57.4 Å². The molecule has 1 aromatic carbocycles. The quantitative estimate of drug-likeness (QED) is 0.713. The fraction of sp³-hybridized carbons (Fsp3) is 0.435. The zero-order chi connectivity index (χ0) is 21.0. The van der Waals surface area contributed by atoms with Crippen molar-refractivity contribution in [2.75, 3.05) is 18.0 Å². The van der Waals surface area contributed by atoms with E-state index in [9.17, 15) is 0 Å². The third-order valence-electron chi connectivity index (χ3n) is 6.04. The summed E-state index contributed by atoms with van der Waals surface area (Å²) in [4.78, 5) is 16.1. The molecule has 6 nitrogen and oxygen atoms in total. The monoisotopic (exact) mass is 406 g/mol. The van der Waals surface area contributed by atoms with Crippen LogP contribution >= 0.6 is 0 Å². The molecule has 3 aromatic rings. The highest BCUT2D eigenvalue weighted by Crippen LogP contribution is 2.33. The van der Waals surface area contributed by atoms with Crippen LogP contribution < -0.4 is 10.2 Å². The minimum absolute atomic E-state index is 0.136. The molecule has 0 radical (unpaired) electrons. The zero-order valence-corrected chi connectivity index (χ0v) is 17.9. The van der Waals surface area contributed by atoms with E-state index in [2.05, 4.69) is 57.7 Å². The molecule has 1 atom stereocenters. The molecule has 5 rings (SSSR count). The normalized spacial score (nSPS) is 18.9. The lowest BCUT2D eigenvalue weighted by molar-refractivity contribution is 0.591. The van der Waals surface area contributed by atoms with E-state index in [4.69, 9.17) is 4.98 Å². The number of nitrogens with zero attached hydrogens (tertiary/aromatic N) is 5. The molecule has 0 saturated carbocycles. The number of hydrogen-bond acceptors (Lipinski definition) is 5. The molecule has 0 amide bonds. The van der Waals surface area contributed by atoms with E-state index in [1.165, 1.54) is 6.42 Å².